The van der Waals surface area contributed by atoms with Crippen LogP contribution in [-0.4, -0.2) is 18.0 Å². The van der Waals surface area contributed by atoms with E-state index in [1.807, 2.05) is 0 Å². The van der Waals surface area contributed by atoms with Crippen LogP contribution in [0.2, 0.25) is 5.02 Å². The maximum Gasteiger partial charge on any atom is 0.341 e. The van der Waals surface area contributed by atoms with E-state index in [2.05, 4.69) is 5.32 Å². The van der Waals surface area contributed by atoms with Crippen LogP contribution in [0.3, 0.4) is 0 Å². The molecule has 0 heterocycles. The second kappa shape index (κ2) is 7.88. The molecule has 1 amide bonds. The summed E-state index contributed by atoms with van der Waals surface area (Å²) < 4.78 is 31.3. The molecule has 126 valence electrons. The summed E-state index contributed by atoms with van der Waals surface area (Å²) in [5, 5.41) is 2.72. The molecule has 7 heteroatoms. The van der Waals surface area contributed by atoms with Crippen molar-refractivity contribution in [3.05, 3.63) is 70.2 Å². The van der Waals surface area contributed by atoms with Crippen LogP contribution in [0.15, 0.2) is 42.5 Å². The lowest BCUT2D eigenvalue weighted by Crippen LogP contribution is -2.35. The molecule has 0 bridgehead atoms. The Hall–Kier alpha value is -2.47. The van der Waals surface area contributed by atoms with Crippen molar-refractivity contribution in [3.63, 3.8) is 0 Å². The molecule has 0 saturated heterocycles. The zero-order valence-electron chi connectivity index (χ0n) is 12.7. The summed E-state index contributed by atoms with van der Waals surface area (Å²) in [4.78, 5) is 23.8. The number of halogens is 3. The lowest BCUT2D eigenvalue weighted by atomic mass is 10.2. The van der Waals surface area contributed by atoms with Crippen molar-refractivity contribution in [3.8, 4) is 0 Å². The van der Waals surface area contributed by atoms with E-state index in [1.165, 1.54) is 37.3 Å². The van der Waals surface area contributed by atoms with Gasteiger partial charge in [0, 0.05) is 11.6 Å². The monoisotopic (exact) mass is 353 g/mol. The fourth-order valence-corrected chi connectivity index (χ4v) is 2.04. The van der Waals surface area contributed by atoms with Crippen LogP contribution in [-0.2, 0) is 16.1 Å². The van der Waals surface area contributed by atoms with Crippen LogP contribution < -0.4 is 5.32 Å². The van der Waals surface area contributed by atoms with Crippen molar-refractivity contribution in [1.29, 1.82) is 0 Å². The van der Waals surface area contributed by atoms with Crippen molar-refractivity contribution in [2.75, 3.05) is 0 Å². The highest BCUT2D eigenvalue weighted by Crippen LogP contribution is 2.16. The zero-order chi connectivity index (χ0) is 17.7. The lowest BCUT2D eigenvalue weighted by Gasteiger charge is -2.14. The molecule has 0 aliphatic heterocycles. The van der Waals surface area contributed by atoms with Gasteiger partial charge in [0.05, 0.1) is 5.56 Å². The molecule has 0 unspecified atom stereocenters. The number of rotatable bonds is 5. The van der Waals surface area contributed by atoms with E-state index < -0.39 is 23.8 Å². The van der Waals surface area contributed by atoms with Crippen LogP contribution in [0.25, 0.3) is 0 Å². The topological polar surface area (TPSA) is 55.4 Å². The van der Waals surface area contributed by atoms with Crippen LogP contribution in [0.4, 0.5) is 8.78 Å². The molecule has 0 saturated carbocycles. The molecule has 0 aliphatic rings. The zero-order valence-corrected chi connectivity index (χ0v) is 13.4. The highest BCUT2D eigenvalue weighted by molar-refractivity contribution is 6.30. The lowest BCUT2D eigenvalue weighted by molar-refractivity contribution is -0.129. The minimum absolute atomic E-state index is 0.145. The van der Waals surface area contributed by atoms with E-state index in [-0.39, 0.29) is 22.9 Å². The second-order valence-corrected chi connectivity index (χ2v) is 5.45. The van der Waals surface area contributed by atoms with Gasteiger partial charge in [-0.1, -0.05) is 23.7 Å². The molecule has 24 heavy (non-hydrogen) atoms. The molecule has 0 aliphatic carbocycles. The normalized spacial score (nSPS) is 11.7. The molecule has 0 fully saturated rings. The molecule has 2 rings (SSSR count). The quantitative estimate of drug-likeness (QED) is 0.837. The molecular weight excluding hydrogens is 340 g/mol. The Bertz CT molecular complexity index is 750. The number of hydrogen-bond acceptors (Lipinski definition) is 3. The molecule has 0 radical (unpaired) electrons. The summed E-state index contributed by atoms with van der Waals surface area (Å²) >= 11 is 5.71. The molecule has 4 nitrogen and oxygen atoms in total. The Kier molecular flexibility index (Phi) is 5.87. The van der Waals surface area contributed by atoms with Crippen LogP contribution in [0, 0.1) is 11.6 Å². The van der Waals surface area contributed by atoms with Crippen molar-refractivity contribution < 1.29 is 23.1 Å². The molecule has 0 spiro atoms. The number of carbonyl (C=O) groups excluding carboxylic acids is 2. The number of benzene rings is 2. The minimum atomic E-state index is -1.13. The number of hydrogen-bond donors (Lipinski definition) is 1. The smallest absolute Gasteiger partial charge is 0.341 e. The molecule has 0 aromatic heterocycles. The first kappa shape index (κ1) is 17.9. The Morgan fingerprint density at radius 1 is 1.17 bits per heavy atom. The van der Waals surface area contributed by atoms with Crippen molar-refractivity contribution in [2.45, 2.75) is 19.6 Å². The van der Waals surface area contributed by atoms with Gasteiger partial charge in [-0.3, -0.25) is 4.79 Å². The van der Waals surface area contributed by atoms with Crippen LogP contribution in [0.1, 0.15) is 22.8 Å². The number of nitrogens with one attached hydrogen (secondary N) is 1. The third kappa shape index (κ3) is 4.76. The second-order valence-electron chi connectivity index (χ2n) is 5.02. The summed E-state index contributed by atoms with van der Waals surface area (Å²) in [6.45, 7) is 1.51. The highest BCUT2D eigenvalue weighted by Gasteiger charge is 2.21. The average Bonchev–Trinajstić information content (AvgIpc) is 2.56. The fraction of sp³-hybridized carbons (Fsp3) is 0.176. The average molecular weight is 354 g/mol. The number of amides is 1. The van der Waals surface area contributed by atoms with E-state index >= 15 is 0 Å². The van der Waals surface area contributed by atoms with Gasteiger partial charge >= 0.3 is 5.97 Å². The van der Waals surface area contributed by atoms with Gasteiger partial charge in [0.2, 0.25) is 0 Å². The van der Waals surface area contributed by atoms with Gasteiger partial charge in [-0.05, 0) is 42.8 Å². The number of esters is 1. The molecule has 2 aromatic rings. The van der Waals surface area contributed by atoms with Crippen LogP contribution in [0.5, 0.6) is 0 Å². The summed E-state index contributed by atoms with van der Waals surface area (Å²) in [6.07, 6.45) is -1.13. The summed E-state index contributed by atoms with van der Waals surface area (Å²) in [6, 6.07) is 9.05. The number of carbonyl (C=O) groups is 2. The van der Waals surface area contributed by atoms with Gasteiger partial charge in [-0.25, -0.2) is 13.6 Å². The maximum absolute atomic E-state index is 13.6. The summed E-state index contributed by atoms with van der Waals surface area (Å²) in [5.74, 6) is -2.71. The molecule has 1 N–H and O–H groups in total. The predicted octanol–water partition coefficient (Wildman–Crippen LogP) is 3.48. The standard InChI is InChI=1S/C17H14ClF2NO3/c1-10(16(22)21-9-11-2-5-13(19)6-3-11)24-17(23)14-8-12(18)4-7-15(14)20/h2-8,10H,9H2,1H3,(H,21,22)/t10-/m0/s1. The first-order valence-corrected chi connectivity index (χ1v) is 7.43. The van der Waals surface area contributed by atoms with Gasteiger partial charge in [0.25, 0.3) is 5.91 Å². The van der Waals surface area contributed by atoms with Gasteiger partial charge in [-0.15, -0.1) is 0 Å². The van der Waals surface area contributed by atoms with Gasteiger partial charge in [-0.2, -0.15) is 0 Å². The predicted molar refractivity (Wildman–Crippen MR) is 84.5 cm³/mol. The number of ether oxygens (including phenoxy) is 1. The minimum Gasteiger partial charge on any atom is -0.449 e. The maximum atomic E-state index is 13.6. The van der Waals surface area contributed by atoms with Crippen molar-refractivity contribution in [2.24, 2.45) is 0 Å². The SMILES string of the molecule is C[C@H](OC(=O)c1cc(Cl)ccc1F)C(=O)NCc1ccc(F)cc1. The fourth-order valence-electron chi connectivity index (χ4n) is 1.87. The summed E-state index contributed by atoms with van der Waals surface area (Å²) in [7, 11) is 0. The Labute approximate surface area is 142 Å². The highest BCUT2D eigenvalue weighted by atomic mass is 35.5. The third-order valence-corrected chi connectivity index (χ3v) is 3.42. The summed E-state index contributed by atoms with van der Waals surface area (Å²) in [5.41, 5.74) is 0.338. The Balaban J connectivity index is 1.92. The Morgan fingerprint density at radius 3 is 2.50 bits per heavy atom. The third-order valence-electron chi connectivity index (χ3n) is 3.18. The first-order chi connectivity index (χ1) is 11.4. The van der Waals surface area contributed by atoms with E-state index in [4.69, 9.17) is 16.3 Å². The van der Waals surface area contributed by atoms with Crippen molar-refractivity contribution >= 4 is 23.5 Å². The largest absolute Gasteiger partial charge is 0.449 e. The molecule has 1 atom stereocenters. The van der Waals surface area contributed by atoms with Crippen LogP contribution >= 0.6 is 11.6 Å². The van der Waals surface area contributed by atoms with Gasteiger partial charge in [0.15, 0.2) is 6.10 Å². The van der Waals surface area contributed by atoms with Gasteiger partial charge < -0.3 is 10.1 Å². The van der Waals surface area contributed by atoms with Gasteiger partial charge in [0.1, 0.15) is 11.6 Å². The van der Waals surface area contributed by atoms with E-state index in [0.717, 1.165) is 12.1 Å². The first-order valence-electron chi connectivity index (χ1n) is 7.05. The molecular formula is C17H14ClF2NO3. The van der Waals surface area contributed by atoms with E-state index in [9.17, 15) is 18.4 Å². The van der Waals surface area contributed by atoms with E-state index in [1.54, 1.807) is 0 Å². The Morgan fingerprint density at radius 2 is 1.83 bits per heavy atom. The molecule has 2 aromatic carbocycles. The van der Waals surface area contributed by atoms with E-state index in [0.29, 0.717) is 5.56 Å². The van der Waals surface area contributed by atoms with Crippen molar-refractivity contribution in [1.82, 2.24) is 5.32 Å².